The van der Waals surface area contributed by atoms with Gasteiger partial charge in [0, 0.05) is 25.7 Å². The Labute approximate surface area is 109 Å². The Kier molecular flexibility index (Phi) is 6.23. The number of morpholine rings is 1. The molecule has 0 aromatic rings. The molecule has 2 fully saturated rings. The summed E-state index contributed by atoms with van der Waals surface area (Å²) >= 11 is 0. The van der Waals surface area contributed by atoms with E-state index in [2.05, 4.69) is 17.1 Å². The van der Waals surface area contributed by atoms with Gasteiger partial charge < -0.3 is 15.0 Å². The Bertz CT molecular complexity index is 245. The van der Waals surface area contributed by atoms with Crippen LogP contribution in [0.15, 0.2) is 0 Å². The van der Waals surface area contributed by atoms with E-state index in [9.17, 15) is 4.79 Å². The molecule has 0 radical (unpaired) electrons. The second-order valence-corrected chi connectivity index (χ2v) is 4.69. The summed E-state index contributed by atoms with van der Waals surface area (Å²) in [7, 11) is 0. The first kappa shape index (κ1) is 14.7. The van der Waals surface area contributed by atoms with E-state index in [1.165, 1.54) is 6.42 Å². The van der Waals surface area contributed by atoms with Gasteiger partial charge in [0.2, 0.25) is 5.91 Å². The molecule has 2 heterocycles. The third-order valence-electron chi connectivity index (χ3n) is 3.58. The van der Waals surface area contributed by atoms with E-state index in [4.69, 9.17) is 4.74 Å². The van der Waals surface area contributed by atoms with Gasteiger partial charge in [0.1, 0.15) is 0 Å². The molecule has 0 aromatic carbocycles. The van der Waals surface area contributed by atoms with Crippen molar-refractivity contribution >= 4 is 18.3 Å². The highest BCUT2D eigenvalue weighted by Gasteiger charge is 2.29. The van der Waals surface area contributed by atoms with Crippen LogP contribution in [0.5, 0.6) is 0 Å². The first-order valence-electron chi connectivity index (χ1n) is 6.43. The number of carbonyl (C=O) groups excluding carboxylic acids is 1. The van der Waals surface area contributed by atoms with Gasteiger partial charge in [0.15, 0.2) is 0 Å². The molecule has 4 nitrogen and oxygen atoms in total. The van der Waals surface area contributed by atoms with Crippen LogP contribution in [-0.2, 0) is 9.53 Å². The molecule has 2 unspecified atom stereocenters. The number of likely N-dealkylation sites (tertiary alicyclic amines) is 1. The average molecular weight is 263 g/mol. The highest BCUT2D eigenvalue weighted by Crippen LogP contribution is 2.21. The average Bonchev–Trinajstić information content (AvgIpc) is 2.78. The van der Waals surface area contributed by atoms with Crippen molar-refractivity contribution in [1.29, 1.82) is 0 Å². The Morgan fingerprint density at radius 2 is 2.35 bits per heavy atom. The summed E-state index contributed by atoms with van der Waals surface area (Å²) in [6.07, 6.45) is 4.04. The minimum atomic E-state index is 0. The zero-order valence-corrected chi connectivity index (χ0v) is 11.3. The van der Waals surface area contributed by atoms with Crippen molar-refractivity contribution in [3.05, 3.63) is 0 Å². The molecule has 2 atom stereocenters. The van der Waals surface area contributed by atoms with Crippen LogP contribution in [0.3, 0.4) is 0 Å². The van der Waals surface area contributed by atoms with E-state index in [0.717, 1.165) is 39.1 Å². The quantitative estimate of drug-likeness (QED) is 0.831. The predicted molar refractivity (Wildman–Crippen MR) is 69.5 cm³/mol. The topological polar surface area (TPSA) is 41.6 Å². The molecule has 2 rings (SSSR count). The zero-order chi connectivity index (χ0) is 11.4. The molecule has 0 spiro atoms. The largest absolute Gasteiger partial charge is 0.375 e. The zero-order valence-electron chi connectivity index (χ0n) is 10.5. The van der Waals surface area contributed by atoms with E-state index < -0.39 is 0 Å². The lowest BCUT2D eigenvalue weighted by Gasteiger charge is -2.28. The number of rotatable bonds is 3. The summed E-state index contributed by atoms with van der Waals surface area (Å²) in [5, 5.41) is 3.26. The van der Waals surface area contributed by atoms with Crippen LogP contribution in [0.25, 0.3) is 0 Å². The van der Waals surface area contributed by atoms with Crippen molar-refractivity contribution in [3.63, 3.8) is 0 Å². The van der Waals surface area contributed by atoms with Crippen molar-refractivity contribution < 1.29 is 9.53 Å². The van der Waals surface area contributed by atoms with Crippen LogP contribution >= 0.6 is 12.4 Å². The van der Waals surface area contributed by atoms with E-state index >= 15 is 0 Å². The maximum atomic E-state index is 12.1. The van der Waals surface area contributed by atoms with Crippen LogP contribution in [0, 0.1) is 0 Å². The Morgan fingerprint density at radius 1 is 1.53 bits per heavy atom. The molecule has 2 aliphatic rings. The fourth-order valence-electron chi connectivity index (χ4n) is 2.65. The number of ether oxygens (including phenoxy) is 1. The Balaban J connectivity index is 0.00000144. The number of halogens is 1. The van der Waals surface area contributed by atoms with Gasteiger partial charge in [-0.1, -0.05) is 6.92 Å². The molecular weight excluding hydrogens is 240 g/mol. The summed E-state index contributed by atoms with van der Waals surface area (Å²) in [6.45, 7) is 5.56. The minimum absolute atomic E-state index is 0. The lowest BCUT2D eigenvalue weighted by atomic mass is 10.1. The molecule has 5 heteroatoms. The summed E-state index contributed by atoms with van der Waals surface area (Å²) in [4.78, 5) is 14.2. The number of nitrogens with zero attached hydrogens (tertiary/aromatic N) is 1. The summed E-state index contributed by atoms with van der Waals surface area (Å²) in [6, 6.07) is 0.476. The predicted octanol–water partition coefficient (Wildman–Crippen LogP) is 1.19. The van der Waals surface area contributed by atoms with Crippen molar-refractivity contribution in [2.45, 2.75) is 44.8 Å². The molecule has 0 aromatic heterocycles. The van der Waals surface area contributed by atoms with Crippen LogP contribution in [0.4, 0.5) is 0 Å². The molecular formula is C12H23ClN2O2. The fourth-order valence-corrected chi connectivity index (χ4v) is 2.65. The molecule has 0 aliphatic carbocycles. The van der Waals surface area contributed by atoms with Gasteiger partial charge in [-0.25, -0.2) is 0 Å². The van der Waals surface area contributed by atoms with Crippen molar-refractivity contribution in [3.8, 4) is 0 Å². The Hall–Kier alpha value is -0.320. The molecule has 1 amide bonds. The maximum Gasteiger partial charge on any atom is 0.225 e. The normalized spacial score (nSPS) is 28.9. The summed E-state index contributed by atoms with van der Waals surface area (Å²) < 4.78 is 5.57. The first-order chi connectivity index (χ1) is 7.81. The van der Waals surface area contributed by atoms with Crippen LogP contribution < -0.4 is 5.32 Å². The van der Waals surface area contributed by atoms with Crippen molar-refractivity contribution in [2.24, 2.45) is 0 Å². The van der Waals surface area contributed by atoms with Gasteiger partial charge in [-0.2, -0.15) is 0 Å². The highest BCUT2D eigenvalue weighted by molar-refractivity contribution is 5.85. The SMILES string of the molecule is CCC1CCCN1C(=O)CC1CNCCO1.Cl. The molecule has 0 saturated carbocycles. The second-order valence-electron chi connectivity index (χ2n) is 4.69. The number of carbonyl (C=O) groups is 1. The second kappa shape index (κ2) is 7.19. The van der Waals surface area contributed by atoms with Crippen molar-refractivity contribution in [2.75, 3.05) is 26.2 Å². The minimum Gasteiger partial charge on any atom is -0.375 e. The highest BCUT2D eigenvalue weighted by atomic mass is 35.5. The van der Waals surface area contributed by atoms with Gasteiger partial charge in [0.25, 0.3) is 0 Å². The Morgan fingerprint density at radius 3 is 3.00 bits per heavy atom. The van der Waals surface area contributed by atoms with E-state index in [-0.39, 0.29) is 24.4 Å². The summed E-state index contributed by atoms with van der Waals surface area (Å²) in [5.41, 5.74) is 0. The van der Waals surface area contributed by atoms with E-state index in [0.29, 0.717) is 12.5 Å². The first-order valence-corrected chi connectivity index (χ1v) is 6.43. The number of hydrogen-bond donors (Lipinski definition) is 1. The van der Waals surface area contributed by atoms with Crippen LogP contribution in [0.2, 0.25) is 0 Å². The van der Waals surface area contributed by atoms with E-state index in [1.54, 1.807) is 0 Å². The smallest absolute Gasteiger partial charge is 0.225 e. The lowest BCUT2D eigenvalue weighted by Crippen LogP contribution is -2.43. The molecule has 2 aliphatic heterocycles. The molecule has 100 valence electrons. The molecule has 0 bridgehead atoms. The third-order valence-corrected chi connectivity index (χ3v) is 3.58. The van der Waals surface area contributed by atoms with Crippen molar-refractivity contribution in [1.82, 2.24) is 10.2 Å². The van der Waals surface area contributed by atoms with Crippen LogP contribution in [-0.4, -0.2) is 49.2 Å². The van der Waals surface area contributed by atoms with Gasteiger partial charge in [-0.15, -0.1) is 12.4 Å². The van der Waals surface area contributed by atoms with Gasteiger partial charge in [0.05, 0.1) is 19.1 Å². The number of amides is 1. The maximum absolute atomic E-state index is 12.1. The lowest BCUT2D eigenvalue weighted by molar-refractivity contribution is -0.135. The molecule has 1 N–H and O–H groups in total. The van der Waals surface area contributed by atoms with Crippen LogP contribution in [0.1, 0.15) is 32.6 Å². The standard InChI is InChI=1S/C12H22N2O2.ClH/c1-2-10-4-3-6-14(10)12(15)8-11-9-13-5-7-16-11;/h10-11,13H,2-9H2,1H3;1H. The summed E-state index contributed by atoms with van der Waals surface area (Å²) in [5.74, 6) is 0.276. The van der Waals surface area contributed by atoms with E-state index in [1.807, 2.05) is 0 Å². The third kappa shape index (κ3) is 3.83. The van der Waals surface area contributed by atoms with Gasteiger partial charge in [-0.05, 0) is 19.3 Å². The monoisotopic (exact) mass is 262 g/mol. The van der Waals surface area contributed by atoms with Gasteiger partial charge in [-0.3, -0.25) is 4.79 Å². The van der Waals surface area contributed by atoms with Gasteiger partial charge >= 0.3 is 0 Å². The fraction of sp³-hybridized carbons (Fsp3) is 0.917. The molecule has 2 saturated heterocycles. The number of nitrogens with one attached hydrogen (secondary N) is 1. The number of hydrogen-bond acceptors (Lipinski definition) is 3. The molecule has 17 heavy (non-hydrogen) atoms.